The zero-order chi connectivity index (χ0) is 17.6. The predicted octanol–water partition coefficient (Wildman–Crippen LogP) is 2.47. The topological polar surface area (TPSA) is 64.0 Å². The molecule has 3 rings (SSSR count). The van der Waals surface area contributed by atoms with Gasteiger partial charge in [0.2, 0.25) is 5.91 Å². The van der Waals surface area contributed by atoms with Gasteiger partial charge in [0, 0.05) is 23.1 Å². The van der Waals surface area contributed by atoms with Gasteiger partial charge in [-0.05, 0) is 41.8 Å². The quantitative estimate of drug-likeness (QED) is 0.737. The number of carbonyl (C=O) groups is 1. The average Bonchev–Trinajstić information content (AvgIpc) is 3.10. The van der Waals surface area contributed by atoms with Crippen LogP contribution in [0.2, 0.25) is 0 Å². The number of carbonyl (C=O) groups excluding carboxylic acids is 1. The molecule has 0 aliphatic heterocycles. The van der Waals surface area contributed by atoms with Crippen LogP contribution in [-0.4, -0.2) is 22.2 Å². The predicted molar refractivity (Wildman–Crippen MR) is 94.9 cm³/mol. The van der Waals surface area contributed by atoms with Crippen LogP contribution in [-0.2, 0) is 17.8 Å². The molecular weight excluding hydrogens is 341 g/mol. The van der Waals surface area contributed by atoms with Crippen LogP contribution in [0.3, 0.4) is 0 Å². The first-order valence-corrected chi connectivity index (χ1v) is 8.63. The minimum atomic E-state index is -0.328. The van der Waals surface area contributed by atoms with E-state index in [9.17, 15) is 14.0 Å². The van der Waals surface area contributed by atoms with E-state index in [1.54, 1.807) is 18.2 Å². The lowest BCUT2D eigenvalue weighted by Gasteiger charge is -2.08. The summed E-state index contributed by atoms with van der Waals surface area (Å²) in [7, 11) is 0. The molecular formula is C18H16FN3O2S. The van der Waals surface area contributed by atoms with Crippen LogP contribution in [0.4, 0.5) is 4.39 Å². The maximum absolute atomic E-state index is 13.0. The van der Waals surface area contributed by atoms with Gasteiger partial charge >= 0.3 is 0 Å². The minimum absolute atomic E-state index is 0.0924. The lowest BCUT2D eigenvalue weighted by molar-refractivity contribution is -0.120. The molecule has 0 bridgehead atoms. The Morgan fingerprint density at radius 3 is 2.68 bits per heavy atom. The van der Waals surface area contributed by atoms with Crippen LogP contribution in [0.1, 0.15) is 4.88 Å². The van der Waals surface area contributed by atoms with Crippen molar-refractivity contribution in [3.63, 3.8) is 0 Å². The van der Waals surface area contributed by atoms with Crippen molar-refractivity contribution in [1.29, 1.82) is 0 Å². The van der Waals surface area contributed by atoms with Crippen LogP contribution < -0.4 is 10.9 Å². The van der Waals surface area contributed by atoms with Crippen LogP contribution in [0.25, 0.3) is 11.3 Å². The highest BCUT2D eigenvalue weighted by Crippen LogP contribution is 2.15. The maximum Gasteiger partial charge on any atom is 0.266 e. The second-order valence-electron chi connectivity index (χ2n) is 5.39. The van der Waals surface area contributed by atoms with E-state index in [0.717, 1.165) is 10.4 Å². The number of rotatable bonds is 6. The highest BCUT2D eigenvalue weighted by molar-refractivity contribution is 7.10. The SMILES string of the molecule is O=C(Cc1cccs1)NCCn1nc(-c2ccc(F)cc2)ccc1=O. The first kappa shape index (κ1) is 17.0. The molecule has 1 N–H and O–H groups in total. The van der Waals surface area contributed by atoms with Gasteiger partial charge in [-0.15, -0.1) is 11.3 Å². The molecule has 0 saturated carbocycles. The Balaban J connectivity index is 1.62. The van der Waals surface area contributed by atoms with Crippen molar-refractivity contribution in [2.24, 2.45) is 0 Å². The van der Waals surface area contributed by atoms with E-state index in [1.165, 1.54) is 34.2 Å². The normalized spacial score (nSPS) is 10.6. The fraction of sp³-hybridized carbons (Fsp3) is 0.167. The Kier molecular flexibility index (Phi) is 5.35. The van der Waals surface area contributed by atoms with E-state index in [2.05, 4.69) is 10.4 Å². The zero-order valence-corrected chi connectivity index (χ0v) is 14.1. The number of benzene rings is 1. The Hall–Kier alpha value is -2.80. The van der Waals surface area contributed by atoms with Crippen molar-refractivity contribution in [2.45, 2.75) is 13.0 Å². The van der Waals surface area contributed by atoms with Crippen LogP contribution >= 0.6 is 11.3 Å². The van der Waals surface area contributed by atoms with Gasteiger partial charge in [0.1, 0.15) is 5.82 Å². The number of nitrogens with zero attached hydrogens (tertiary/aromatic N) is 2. The van der Waals surface area contributed by atoms with E-state index < -0.39 is 0 Å². The first-order valence-electron chi connectivity index (χ1n) is 7.75. The molecule has 0 radical (unpaired) electrons. The number of hydrogen-bond acceptors (Lipinski definition) is 4. The van der Waals surface area contributed by atoms with Gasteiger partial charge < -0.3 is 5.32 Å². The van der Waals surface area contributed by atoms with Crippen molar-refractivity contribution >= 4 is 17.2 Å². The van der Waals surface area contributed by atoms with E-state index >= 15 is 0 Å². The first-order chi connectivity index (χ1) is 12.1. The molecule has 0 aliphatic carbocycles. The molecule has 5 nitrogen and oxygen atoms in total. The van der Waals surface area contributed by atoms with Crippen molar-refractivity contribution in [3.05, 3.63) is 75.0 Å². The summed E-state index contributed by atoms with van der Waals surface area (Å²) in [4.78, 5) is 24.8. The summed E-state index contributed by atoms with van der Waals surface area (Å²) < 4.78 is 14.3. The van der Waals surface area contributed by atoms with E-state index in [1.807, 2.05) is 17.5 Å². The Bertz CT molecular complexity index is 905. The highest BCUT2D eigenvalue weighted by atomic mass is 32.1. The van der Waals surface area contributed by atoms with Crippen LogP contribution in [0.15, 0.2) is 58.7 Å². The Morgan fingerprint density at radius 1 is 1.16 bits per heavy atom. The molecule has 3 aromatic rings. The summed E-state index contributed by atoms with van der Waals surface area (Å²) in [6.07, 6.45) is 0.329. The van der Waals surface area contributed by atoms with Gasteiger partial charge in [-0.1, -0.05) is 6.07 Å². The third-order valence-electron chi connectivity index (χ3n) is 3.57. The molecule has 2 aromatic heterocycles. The molecule has 0 atom stereocenters. The molecule has 0 spiro atoms. The van der Waals surface area contributed by atoms with Gasteiger partial charge in [-0.2, -0.15) is 5.10 Å². The molecule has 0 unspecified atom stereocenters. The number of halogens is 1. The fourth-order valence-corrected chi connectivity index (χ4v) is 3.02. The van der Waals surface area contributed by atoms with Gasteiger partial charge in [0.15, 0.2) is 0 Å². The number of thiophene rings is 1. The van der Waals surface area contributed by atoms with Gasteiger partial charge in [-0.3, -0.25) is 9.59 Å². The summed E-state index contributed by atoms with van der Waals surface area (Å²) in [5.41, 5.74) is 1.04. The van der Waals surface area contributed by atoms with Gasteiger partial charge in [-0.25, -0.2) is 9.07 Å². The lowest BCUT2D eigenvalue weighted by Crippen LogP contribution is -2.32. The molecule has 0 aliphatic rings. The molecule has 1 aromatic carbocycles. The summed E-state index contributed by atoms with van der Waals surface area (Å²) in [6.45, 7) is 0.577. The lowest BCUT2D eigenvalue weighted by atomic mass is 10.1. The number of hydrogen-bond donors (Lipinski definition) is 1. The third kappa shape index (κ3) is 4.60. The highest BCUT2D eigenvalue weighted by Gasteiger charge is 2.06. The summed E-state index contributed by atoms with van der Waals surface area (Å²) >= 11 is 1.53. The second-order valence-corrected chi connectivity index (χ2v) is 6.43. The molecule has 0 fully saturated rings. The molecule has 2 heterocycles. The van der Waals surface area contributed by atoms with E-state index in [-0.39, 0.29) is 23.8 Å². The van der Waals surface area contributed by atoms with E-state index in [4.69, 9.17) is 0 Å². The Labute approximate surface area is 147 Å². The number of aromatic nitrogens is 2. The summed E-state index contributed by atoms with van der Waals surface area (Å²) in [5.74, 6) is -0.421. The monoisotopic (exact) mass is 357 g/mol. The van der Waals surface area contributed by atoms with Crippen LogP contribution in [0, 0.1) is 5.82 Å². The van der Waals surface area contributed by atoms with E-state index in [0.29, 0.717) is 18.7 Å². The minimum Gasteiger partial charge on any atom is -0.354 e. The summed E-state index contributed by atoms with van der Waals surface area (Å²) in [5, 5.41) is 8.98. The second kappa shape index (κ2) is 7.85. The number of nitrogens with one attached hydrogen (secondary N) is 1. The average molecular weight is 357 g/mol. The standard InChI is InChI=1S/C18H16FN3O2S/c19-14-5-3-13(4-6-14)16-7-8-18(24)22(21-16)10-9-20-17(23)12-15-2-1-11-25-15/h1-8,11H,9-10,12H2,(H,20,23). The van der Waals surface area contributed by atoms with Crippen molar-refractivity contribution < 1.29 is 9.18 Å². The largest absolute Gasteiger partial charge is 0.354 e. The van der Waals surface area contributed by atoms with Crippen molar-refractivity contribution in [3.8, 4) is 11.3 Å². The third-order valence-corrected chi connectivity index (χ3v) is 4.44. The molecule has 0 saturated heterocycles. The molecule has 25 heavy (non-hydrogen) atoms. The summed E-state index contributed by atoms with van der Waals surface area (Å²) in [6, 6.07) is 12.7. The van der Waals surface area contributed by atoms with Crippen LogP contribution in [0.5, 0.6) is 0 Å². The van der Waals surface area contributed by atoms with Crippen molar-refractivity contribution in [2.75, 3.05) is 6.54 Å². The van der Waals surface area contributed by atoms with Crippen molar-refractivity contribution in [1.82, 2.24) is 15.1 Å². The zero-order valence-electron chi connectivity index (χ0n) is 13.3. The van der Waals surface area contributed by atoms with Gasteiger partial charge in [0.25, 0.3) is 5.56 Å². The van der Waals surface area contributed by atoms with Gasteiger partial charge in [0.05, 0.1) is 18.7 Å². The maximum atomic E-state index is 13.0. The Morgan fingerprint density at radius 2 is 1.96 bits per heavy atom. The molecule has 7 heteroatoms. The molecule has 1 amide bonds. The smallest absolute Gasteiger partial charge is 0.266 e. The fourth-order valence-electron chi connectivity index (χ4n) is 2.32. The molecule has 128 valence electrons. The number of amides is 1.